The van der Waals surface area contributed by atoms with Gasteiger partial charge in [0, 0.05) is 19.2 Å². The molecule has 1 heterocycles. The number of rotatable bonds is 6. The van der Waals surface area contributed by atoms with Crippen LogP contribution in [0.2, 0.25) is 0 Å². The fourth-order valence-electron chi connectivity index (χ4n) is 3.83. The Labute approximate surface area is 191 Å². The summed E-state index contributed by atoms with van der Waals surface area (Å²) >= 11 is 0. The molecular weight excluding hydrogens is 460 g/mol. The Kier molecular flexibility index (Phi) is 6.58. The van der Waals surface area contributed by atoms with Gasteiger partial charge in [-0.15, -0.1) is 13.2 Å². The summed E-state index contributed by atoms with van der Waals surface area (Å²) in [5.74, 6) is -0.897. The summed E-state index contributed by atoms with van der Waals surface area (Å²) in [6, 6.07) is 11.1. The van der Waals surface area contributed by atoms with E-state index in [0.717, 1.165) is 36.1 Å². The zero-order valence-electron chi connectivity index (χ0n) is 17.5. The quantitative estimate of drug-likeness (QED) is 0.485. The van der Waals surface area contributed by atoms with Gasteiger partial charge in [0.05, 0.1) is 10.4 Å². The average molecular weight is 482 g/mol. The van der Waals surface area contributed by atoms with E-state index in [0.29, 0.717) is 30.8 Å². The normalized spacial score (nSPS) is 19.0. The second-order valence-electron chi connectivity index (χ2n) is 8.08. The number of carbonyl (C=O) groups is 1. The molecule has 0 bridgehead atoms. The smallest absolute Gasteiger partial charge is 0.406 e. The van der Waals surface area contributed by atoms with Gasteiger partial charge in [0.1, 0.15) is 22.6 Å². The average Bonchev–Trinajstić information content (AvgIpc) is 3.54. The van der Waals surface area contributed by atoms with Gasteiger partial charge in [0.15, 0.2) is 0 Å². The van der Waals surface area contributed by atoms with E-state index in [1.807, 2.05) is 0 Å². The molecule has 33 heavy (non-hydrogen) atoms. The highest BCUT2D eigenvalue weighted by Crippen LogP contribution is 2.45. The zero-order valence-corrected chi connectivity index (χ0v) is 18.3. The summed E-state index contributed by atoms with van der Waals surface area (Å²) in [5, 5.41) is 3.03. The SMILES string of the molecule is O=C(C=C1CCN(S(=O)c2ccc(OC(F)(F)F)cc2)CC1)NC1(c2ccc(F)cc2)CC1. The monoisotopic (exact) mass is 482 g/mol. The third-order valence-corrected chi connectivity index (χ3v) is 7.21. The first kappa shape index (κ1) is 23.4. The third kappa shape index (κ3) is 6.00. The van der Waals surface area contributed by atoms with Crippen molar-refractivity contribution in [3.63, 3.8) is 0 Å². The van der Waals surface area contributed by atoms with Crippen LogP contribution in [0.3, 0.4) is 0 Å². The molecule has 2 fully saturated rings. The van der Waals surface area contributed by atoms with E-state index >= 15 is 0 Å². The van der Waals surface area contributed by atoms with E-state index in [1.165, 1.54) is 24.3 Å². The van der Waals surface area contributed by atoms with Crippen molar-refractivity contribution in [2.24, 2.45) is 0 Å². The molecule has 0 radical (unpaired) electrons. The summed E-state index contributed by atoms with van der Waals surface area (Å²) in [6.07, 6.45) is -0.496. The van der Waals surface area contributed by atoms with Crippen molar-refractivity contribution in [1.29, 1.82) is 0 Å². The number of nitrogens with one attached hydrogen (secondary N) is 1. The lowest BCUT2D eigenvalue weighted by Gasteiger charge is -2.27. The summed E-state index contributed by atoms with van der Waals surface area (Å²) in [4.78, 5) is 12.9. The number of nitrogens with zero attached hydrogens (tertiary/aromatic N) is 1. The van der Waals surface area contributed by atoms with Gasteiger partial charge in [0.25, 0.3) is 0 Å². The number of ether oxygens (including phenoxy) is 1. The van der Waals surface area contributed by atoms with E-state index in [-0.39, 0.29) is 17.5 Å². The van der Waals surface area contributed by atoms with Crippen LogP contribution in [0.1, 0.15) is 31.2 Å². The van der Waals surface area contributed by atoms with Gasteiger partial charge in [-0.3, -0.25) is 4.79 Å². The summed E-state index contributed by atoms with van der Waals surface area (Å²) in [7, 11) is -1.52. The van der Waals surface area contributed by atoms with Crippen molar-refractivity contribution in [1.82, 2.24) is 9.62 Å². The third-order valence-electron chi connectivity index (χ3n) is 5.70. The van der Waals surface area contributed by atoms with Crippen molar-refractivity contribution in [3.05, 3.63) is 71.6 Å². The second-order valence-corrected chi connectivity index (χ2v) is 9.56. The van der Waals surface area contributed by atoms with E-state index in [9.17, 15) is 26.6 Å². The van der Waals surface area contributed by atoms with Crippen LogP contribution in [0.25, 0.3) is 0 Å². The molecule has 1 aliphatic carbocycles. The number of hydrogen-bond donors (Lipinski definition) is 1. The van der Waals surface area contributed by atoms with Crippen LogP contribution in [0.15, 0.2) is 65.1 Å². The minimum atomic E-state index is -4.78. The zero-order chi connectivity index (χ0) is 23.6. The van der Waals surface area contributed by atoms with Gasteiger partial charge >= 0.3 is 6.36 Å². The Bertz CT molecular complexity index is 1050. The van der Waals surface area contributed by atoms with Crippen LogP contribution in [-0.4, -0.2) is 33.9 Å². The number of amides is 1. The number of hydrogen-bond acceptors (Lipinski definition) is 3. The van der Waals surface area contributed by atoms with Crippen molar-refractivity contribution < 1.29 is 31.3 Å². The molecule has 2 aromatic carbocycles. The molecule has 1 atom stereocenters. The number of halogens is 4. The molecule has 1 unspecified atom stereocenters. The Morgan fingerprint density at radius 3 is 2.18 bits per heavy atom. The molecule has 176 valence electrons. The van der Waals surface area contributed by atoms with Gasteiger partial charge in [-0.25, -0.2) is 12.9 Å². The summed E-state index contributed by atoms with van der Waals surface area (Å²) in [6.45, 7) is 0.908. The van der Waals surface area contributed by atoms with Gasteiger partial charge in [-0.05, 0) is 67.6 Å². The Hall–Kier alpha value is -2.72. The fourth-order valence-corrected chi connectivity index (χ4v) is 5.01. The van der Waals surface area contributed by atoms with E-state index in [1.54, 1.807) is 22.5 Å². The minimum absolute atomic E-state index is 0.207. The number of carbonyl (C=O) groups excluding carboxylic acids is 1. The molecule has 4 rings (SSSR count). The molecule has 0 aromatic heterocycles. The molecule has 1 aliphatic heterocycles. The Morgan fingerprint density at radius 2 is 1.64 bits per heavy atom. The summed E-state index contributed by atoms with van der Waals surface area (Å²) in [5.41, 5.74) is 1.38. The molecule has 1 saturated heterocycles. The highest BCUT2D eigenvalue weighted by molar-refractivity contribution is 7.82. The first-order chi connectivity index (χ1) is 15.6. The van der Waals surface area contributed by atoms with Crippen LogP contribution in [-0.2, 0) is 21.3 Å². The van der Waals surface area contributed by atoms with Crippen molar-refractivity contribution in [3.8, 4) is 5.75 Å². The van der Waals surface area contributed by atoms with Crippen LogP contribution < -0.4 is 10.1 Å². The molecule has 1 saturated carbocycles. The molecule has 2 aliphatic rings. The van der Waals surface area contributed by atoms with Crippen LogP contribution >= 0.6 is 0 Å². The van der Waals surface area contributed by atoms with E-state index in [4.69, 9.17) is 0 Å². The number of alkyl halides is 3. The lowest BCUT2D eigenvalue weighted by molar-refractivity contribution is -0.274. The minimum Gasteiger partial charge on any atom is -0.406 e. The van der Waals surface area contributed by atoms with Crippen LogP contribution in [0, 0.1) is 5.82 Å². The largest absolute Gasteiger partial charge is 0.573 e. The predicted octanol–water partition coefficient (Wildman–Crippen LogP) is 4.57. The second kappa shape index (κ2) is 9.26. The predicted molar refractivity (Wildman–Crippen MR) is 114 cm³/mol. The molecule has 5 nitrogen and oxygen atoms in total. The molecule has 0 spiro atoms. The fraction of sp³-hybridized carbons (Fsp3) is 0.348. The van der Waals surface area contributed by atoms with Gasteiger partial charge in [0.2, 0.25) is 5.91 Å². The lowest BCUT2D eigenvalue weighted by atomic mass is 10.0. The lowest BCUT2D eigenvalue weighted by Crippen LogP contribution is -2.35. The standard InChI is InChI=1S/C23H22F4N2O3S/c24-18-3-1-17(2-4-18)22(11-12-22)28-21(30)15-16-9-13-29(14-10-16)33(31)20-7-5-19(6-8-20)32-23(25,26)27/h1-8,15H,9-14H2,(H,28,30). The maximum Gasteiger partial charge on any atom is 0.573 e. The van der Waals surface area contributed by atoms with Gasteiger partial charge < -0.3 is 10.1 Å². The number of piperidine rings is 1. The van der Waals surface area contributed by atoms with E-state index in [2.05, 4.69) is 10.1 Å². The maximum absolute atomic E-state index is 13.2. The molecular formula is C23H22F4N2O3S. The molecule has 1 amide bonds. The molecule has 10 heteroatoms. The highest BCUT2D eigenvalue weighted by Gasteiger charge is 2.45. The Balaban J connectivity index is 1.30. The first-order valence-corrected chi connectivity index (χ1v) is 11.5. The maximum atomic E-state index is 13.2. The van der Waals surface area contributed by atoms with Crippen molar-refractivity contribution >= 4 is 16.9 Å². The summed E-state index contributed by atoms with van der Waals surface area (Å²) < 4.78 is 68.3. The molecule has 1 N–H and O–H groups in total. The van der Waals surface area contributed by atoms with Crippen molar-refractivity contribution in [2.75, 3.05) is 13.1 Å². The van der Waals surface area contributed by atoms with Crippen LogP contribution in [0.4, 0.5) is 17.6 Å². The van der Waals surface area contributed by atoms with Gasteiger partial charge in [-0.1, -0.05) is 17.7 Å². The Morgan fingerprint density at radius 1 is 1.03 bits per heavy atom. The topological polar surface area (TPSA) is 58.6 Å². The van der Waals surface area contributed by atoms with E-state index < -0.39 is 22.9 Å². The highest BCUT2D eigenvalue weighted by atomic mass is 32.2. The van der Waals surface area contributed by atoms with Gasteiger partial charge in [-0.2, -0.15) is 0 Å². The van der Waals surface area contributed by atoms with Crippen LogP contribution in [0.5, 0.6) is 5.75 Å². The molecule has 2 aromatic rings. The first-order valence-electron chi connectivity index (χ1n) is 10.4. The van der Waals surface area contributed by atoms with Crippen molar-refractivity contribution in [2.45, 2.75) is 42.5 Å². The number of benzene rings is 2.